The first-order valence-corrected chi connectivity index (χ1v) is 17.7. The third-order valence-electron chi connectivity index (χ3n) is 8.43. The van der Waals surface area contributed by atoms with Crippen molar-refractivity contribution in [1.82, 2.24) is 10.2 Å². The van der Waals surface area contributed by atoms with E-state index < -0.39 is 16.1 Å². The Labute approximate surface area is 271 Å². The van der Waals surface area contributed by atoms with Crippen LogP contribution in [0.1, 0.15) is 49.7 Å². The van der Waals surface area contributed by atoms with Crippen LogP contribution in [0, 0.1) is 0 Å². The lowest BCUT2D eigenvalue weighted by Crippen LogP contribution is -2.52. The van der Waals surface area contributed by atoms with Gasteiger partial charge in [0.1, 0.15) is 25.0 Å². The number of methoxy groups -OCH3 is 1. The number of ether oxygens (including phenoxy) is 3. The molecule has 1 fully saturated rings. The quantitative estimate of drug-likeness (QED) is 0.269. The van der Waals surface area contributed by atoms with E-state index in [4.69, 9.17) is 14.2 Å². The molecular formula is C35H43N3O7S. The van der Waals surface area contributed by atoms with Crippen LogP contribution in [0.3, 0.4) is 0 Å². The number of carbonyl (C=O) groups excluding carboxylic acids is 2. The minimum absolute atomic E-state index is 0.0442. The molecule has 1 saturated carbocycles. The summed E-state index contributed by atoms with van der Waals surface area (Å²) in [7, 11) is -2.08. The van der Waals surface area contributed by atoms with Gasteiger partial charge in [0.15, 0.2) is 11.5 Å². The Morgan fingerprint density at radius 1 is 0.935 bits per heavy atom. The Bertz CT molecular complexity index is 1590. The number of benzene rings is 3. The smallest absolute Gasteiger partial charge is 0.243 e. The summed E-state index contributed by atoms with van der Waals surface area (Å²) in [5, 5.41) is 3.22. The van der Waals surface area contributed by atoms with Crippen molar-refractivity contribution >= 4 is 27.5 Å². The summed E-state index contributed by atoms with van der Waals surface area (Å²) in [5.41, 5.74) is 2.21. The maximum Gasteiger partial charge on any atom is 0.243 e. The van der Waals surface area contributed by atoms with Crippen molar-refractivity contribution in [2.45, 2.75) is 63.6 Å². The number of nitrogens with one attached hydrogen (secondary N) is 1. The molecule has 3 aromatic rings. The molecule has 1 aliphatic carbocycles. The fraction of sp³-hybridized carbons (Fsp3) is 0.429. The number of hydrogen-bond donors (Lipinski definition) is 1. The molecule has 0 bridgehead atoms. The zero-order chi connectivity index (χ0) is 32.5. The third-order valence-corrected chi connectivity index (χ3v) is 9.62. The molecule has 46 heavy (non-hydrogen) atoms. The van der Waals surface area contributed by atoms with E-state index in [1.54, 1.807) is 30.2 Å². The van der Waals surface area contributed by atoms with Gasteiger partial charge in [-0.15, -0.1) is 0 Å². The van der Waals surface area contributed by atoms with Gasteiger partial charge in [-0.3, -0.25) is 13.9 Å². The van der Waals surface area contributed by atoms with Crippen molar-refractivity contribution in [2.75, 3.05) is 37.4 Å². The predicted molar refractivity (Wildman–Crippen MR) is 177 cm³/mol. The van der Waals surface area contributed by atoms with E-state index in [9.17, 15) is 18.0 Å². The molecular weight excluding hydrogens is 606 g/mol. The Morgan fingerprint density at radius 2 is 1.65 bits per heavy atom. The average molecular weight is 650 g/mol. The molecule has 2 amide bonds. The maximum absolute atomic E-state index is 14.1. The van der Waals surface area contributed by atoms with Crippen LogP contribution in [0.5, 0.6) is 17.2 Å². The highest BCUT2D eigenvalue weighted by Gasteiger charge is 2.32. The number of amides is 2. The number of hydrogen-bond acceptors (Lipinski definition) is 7. The monoisotopic (exact) mass is 649 g/mol. The van der Waals surface area contributed by atoms with Gasteiger partial charge in [0.2, 0.25) is 21.8 Å². The fourth-order valence-corrected chi connectivity index (χ4v) is 7.04. The number of fused-ring (bicyclic) bond motifs is 1. The van der Waals surface area contributed by atoms with Gasteiger partial charge in [-0.05, 0) is 54.7 Å². The van der Waals surface area contributed by atoms with Crippen molar-refractivity contribution in [1.29, 1.82) is 0 Å². The van der Waals surface area contributed by atoms with Gasteiger partial charge in [0.25, 0.3) is 0 Å². The Balaban J connectivity index is 1.38. The van der Waals surface area contributed by atoms with Gasteiger partial charge in [0.05, 0.1) is 19.1 Å². The third kappa shape index (κ3) is 8.72. The van der Waals surface area contributed by atoms with Crippen LogP contribution in [0.25, 0.3) is 0 Å². The van der Waals surface area contributed by atoms with Crippen LogP contribution in [-0.4, -0.2) is 70.3 Å². The average Bonchev–Trinajstić information content (AvgIpc) is 3.57. The van der Waals surface area contributed by atoms with E-state index in [1.807, 2.05) is 54.6 Å². The van der Waals surface area contributed by atoms with Gasteiger partial charge < -0.3 is 24.4 Å². The van der Waals surface area contributed by atoms with Gasteiger partial charge in [-0.25, -0.2) is 8.42 Å². The summed E-state index contributed by atoms with van der Waals surface area (Å²) in [4.78, 5) is 29.7. The van der Waals surface area contributed by atoms with Crippen LogP contribution < -0.4 is 23.8 Å². The van der Waals surface area contributed by atoms with Crippen molar-refractivity contribution in [3.8, 4) is 17.2 Å². The SMILES string of the molecule is COc1cccc(CN(C(=O)CCCN(c2ccc3c(c2)OCCO3)S(C)(=O)=O)[C@H](Cc2ccccc2)C(=O)NC2CCCC2)c1. The van der Waals surface area contributed by atoms with Crippen LogP contribution in [0.15, 0.2) is 72.8 Å². The number of anilines is 1. The number of nitrogens with zero attached hydrogens (tertiary/aromatic N) is 2. The summed E-state index contributed by atoms with van der Waals surface area (Å²) in [6.45, 7) is 1.09. The van der Waals surface area contributed by atoms with Crippen molar-refractivity contribution in [2.24, 2.45) is 0 Å². The van der Waals surface area contributed by atoms with Crippen LogP contribution >= 0.6 is 0 Å². The summed E-state index contributed by atoms with van der Waals surface area (Å²) in [6, 6.07) is 21.5. The first kappa shape index (κ1) is 33.1. The summed E-state index contributed by atoms with van der Waals surface area (Å²) >= 11 is 0. The lowest BCUT2D eigenvalue weighted by atomic mass is 10.0. The van der Waals surface area contributed by atoms with E-state index in [0.29, 0.717) is 42.6 Å². The van der Waals surface area contributed by atoms with E-state index >= 15 is 0 Å². The highest BCUT2D eigenvalue weighted by atomic mass is 32.2. The Morgan fingerprint density at radius 3 is 2.37 bits per heavy atom. The second-order valence-electron chi connectivity index (χ2n) is 11.8. The van der Waals surface area contributed by atoms with E-state index in [0.717, 1.165) is 43.1 Å². The van der Waals surface area contributed by atoms with E-state index in [2.05, 4.69) is 5.32 Å². The van der Waals surface area contributed by atoms with Crippen LogP contribution in [0.2, 0.25) is 0 Å². The number of rotatable bonds is 14. The second kappa shape index (κ2) is 15.4. The normalized spacial score (nSPS) is 15.2. The Hall–Kier alpha value is -4.25. The summed E-state index contributed by atoms with van der Waals surface area (Å²) in [5.74, 6) is 1.28. The fourth-order valence-electron chi connectivity index (χ4n) is 6.08. The molecule has 5 rings (SSSR count). The molecule has 0 radical (unpaired) electrons. The predicted octanol–water partition coefficient (Wildman–Crippen LogP) is 4.71. The van der Waals surface area contributed by atoms with E-state index in [1.165, 1.54) is 4.31 Å². The molecule has 1 aliphatic heterocycles. The zero-order valence-electron chi connectivity index (χ0n) is 26.5. The first-order chi connectivity index (χ1) is 22.2. The standard InChI is InChI=1S/C35H43N3O7S/c1-43-30-15-8-12-27(22-30)25-37(31(23-26-10-4-3-5-11-26)35(40)36-28-13-6-7-14-28)34(39)16-9-19-38(46(2,41)42)29-17-18-32-33(24-29)45-21-20-44-32/h3-5,8,10-12,15,17-18,22,24,28,31H,6-7,9,13-14,16,19-21,23,25H2,1-2H3,(H,36,40)/t31-/m1/s1. The molecule has 246 valence electrons. The highest BCUT2D eigenvalue weighted by Crippen LogP contribution is 2.35. The summed E-state index contributed by atoms with van der Waals surface area (Å²) in [6.07, 6.45) is 5.77. The number of carbonyl (C=O) groups is 2. The lowest BCUT2D eigenvalue weighted by Gasteiger charge is -2.33. The van der Waals surface area contributed by atoms with E-state index in [-0.39, 0.29) is 43.8 Å². The van der Waals surface area contributed by atoms with Crippen LogP contribution in [0.4, 0.5) is 5.69 Å². The lowest BCUT2D eigenvalue weighted by molar-refractivity contribution is -0.141. The molecule has 1 heterocycles. The molecule has 2 aliphatic rings. The van der Waals surface area contributed by atoms with Gasteiger partial charge in [-0.1, -0.05) is 55.3 Å². The molecule has 0 aromatic heterocycles. The largest absolute Gasteiger partial charge is 0.497 e. The Kier molecular flexibility index (Phi) is 11.1. The van der Waals surface area contributed by atoms with Crippen LogP contribution in [-0.2, 0) is 32.6 Å². The van der Waals surface area contributed by atoms with Crippen molar-refractivity contribution in [3.63, 3.8) is 0 Å². The summed E-state index contributed by atoms with van der Waals surface area (Å²) < 4.78 is 43.7. The highest BCUT2D eigenvalue weighted by molar-refractivity contribution is 7.92. The zero-order valence-corrected chi connectivity index (χ0v) is 27.3. The molecule has 3 aromatic carbocycles. The minimum Gasteiger partial charge on any atom is -0.497 e. The molecule has 11 heteroatoms. The molecule has 0 unspecified atom stereocenters. The van der Waals surface area contributed by atoms with Gasteiger partial charge in [-0.2, -0.15) is 0 Å². The second-order valence-corrected chi connectivity index (χ2v) is 13.7. The molecule has 0 spiro atoms. The molecule has 10 nitrogen and oxygen atoms in total. The molecule has 1 N–H and O–H groups in total. The van der Waals surface area contributed by atoms with Gasteiger partial charge in [0, 0.05) is 38.0 Å². The molecule has 1 atom stereocenters. The van der Waals surface area contributed by atoms with Gasteiger partial charge >= 0.3 is 0 Å². The topological polar surface area (TPSA) is 114 Å². The van der Waals surface area contributed by atoms with Crippen molar-refractivity contribution < 1.29 is 32.2 Å². The number of sulfonamides is 1. The first-order valence-electron chi connectivity index (χ1n) is 15.9. The minimum atomic E-state index is -3.67. The van der Waals surface area contributed by atoms with Crippen molar-refractivity contribution in [3.05, 3.63) is 83.9 Å². The molecule has 0 saturated heterocycles. The maximum atomic E-state index is 14.1.